The monoisotopic (exact) mass is 266 g/mol. The van der Waals surface area contributed by atoms with Crippen molar-refractivity contribution >= 4 is 11.0 Å². The summed E-state index contributed by atoms with van der Waals surface area (Å²) in [6.45, 7) is 1.67. The van der Waals surface area contributed by atoms with Crippen molar-refractivity contribution in [1.82, 2.24) is 19.3 Å². The van der Waals surface area contributed by atoms with Gasteiger partial charge in [-0.05, 0) is 0 Å². The van der Waals surface area contributed by atoms with Gasteiger partial charge < -0.3 is 14.6 Å². The highest BCUT2D eigenvalue weighted by molar-refractivity contribution is 5.72. The molecule has 1 aliphatic rings. The molecule has 2 aromatic rings. The van der Waals surface area contributed by atoms with Crippen LogP contribution in [-0.4, -0.2) is 50.5 Å². The second kappa shape index (κ2) is 5.08. The summed E-state index contributed by atoms with van der Waals surface area (Å²) in [4.78, 5) is 16.4. The van der Waals surface area contributed by atoms with Crippen LogP contribution in [0, 0.1) is 0 Å². The fraction of sp³-hybridized carbons (Fsp3) is 0.545. The van der Waals surface area contributed by atoms with Crippen molar-refractivity contribution in [3.63, 3.8) is 0 Å². The zero-order valence-corrected chi connectivity index (χ0v) is 10.2. The Balaban J connectivity index is 1.94. The fourth-order valence-electron chi connectivity index (χ4n) is 2.06. The van der Waals surface area contributed by atoms with Crippen molar-refractivity contribution in [3.05, 3.63) is 22.9 Å². The van der Waals surface area contributed by atoms with E-state index in [1.807, 2.05) is 0 Å². The molecule has 1 fully saturated rings. The van der Waals surface area contributed by atoms with Gasteiger partial charge in [0.25, 0.3) is 5.56 Å². The Hall–Kier alpha value is -1.77. The van der Waals surface area contributed by atoms with Gasteiger partial charge >= 0.3 is 0 Å². The smallest absolute Gasteiger partial charge is 0.264 e. The highest BCUT2D eigenvalue weighted by Gasteiger charge is 2.18. The number of fused-ring (bicyclic) bond motifs is 1. The second-order valence-corrected chi connectivity index (χ2v) is 4.20. The standard InChI is InChI=1S/C11H14N4O4/c16-2-1-15-10-8(5-13-15)11(17)14(7-12-10)6-9-18-3-4-19-9/h5,7,9,16H,1-4,6H2. The molecule has 0 unspecified atom stereocenters. The van der Waals surface area contributed by atoms with Gasteiger partial charge in [-0.2, -0.15) is 5.10 Å². The Labute approximate surface area is 108 Å². The van der Waals surface area contributed by atoms with Crippen LogP contribution < -0.4 is 5.56 Å². The number of hydrogen-bond acceptors (Lipinski definition) is 6. The van der Waals surface area contributed by atoms with Crippen LogP contribution in [0.4, 0.5) is 0 Å². The molecule has 8 nitrogen and oxygen atoms in total. The zero-order chi connectivity index (χ0) is 13.2. The Morgan fingerprint density at radius 1 is 1.42 bits per heavy atom. The Morgan fingerprint density at radius 2 is 2.21 bits per heavy atom. The maximum atomic E-state index is 12.2. The molecule has 0 amide bonds. The van der Waals surface area contributed by atoms with E-state index < -0.39 is 6.29 Å². The van der Waals surface area contributed by atoms with Crippen LogP contribution in [0.25, 0.3) is 11.0 Å². The number of ether oxygens (including phenoxy) is 2. The Bertz CT molecular complexity index is 629. The predicted molar refractivity (Wildman–Crippen MR) is 64.6 cm³/mol. The molecule has 3 heterocycles. The summed E-state index contributed by atoms with van der Waals surface area (Å²) in [7, 11) is 0. The molecule has 0 bridgehead atoms. The average molecular weight is 266 g/mol. The molecule has 8 heteroatoms. The molecule has 102 valence electrons. The summed E-state index contributed by atoms with van der Waals surface area (Å²) in [5.41, 5.74) is 0.289. The molecule has 3 rings (SSSR count). The molecule has 2 aromatic heterocycles. The van der Waals surface area contributed by atoms with E-state index in [0.29, 0.717) is 37.3 Å². The lowest BCUT2D eigenvalue weighted by molar-refractivity contribution is -0.0531. The van der Waals surface area contributed by atoms with Crippen LogP contribution in [0.2, 0.25) is 0 Å². The van der Waals surface area contributed by atoms with Crippen molar-refractivity contribution in [2.45, 2.75) is 19.4 Å². The van der Waals surface area contributed by atoms with E-state index >= 15 is 0 Å². The van der Waals surface area contributed by atoms with E-state index in [9.17, 15) is 4.79 Å². The second-order valence-electron chi connectivity index (χ2n) is 4.20. The van der Waals surface area contributed by atoms with Gasteiger partial charge in [0.05, 0.1) is 39.1 Å². The SMILES string of the molecule is O=c1c2cnn(CCO)c2ncn1CC1OCCO1. The molecular formula is C11H14N4O4. The van der Waals surface area contributed by atoms with Gasteiger partial charge in [0.15, 0.2) is 11.9 Å². The van der Waals surface area contributed by atoms with Crippen LogP contribution in [0.15, 0.2) is 17.3 Å². The zero-order valence-electron chi connectivity index (χ0n) is 10.2. The van der Waals surface area contributed by atoms with Crippen molar-refractivity contribution in [3.8, 4) is 0 Å². The molecule has 0 aliphatic carbocycles. The summed E-state index contributed by atoms with van der Waals surface area (Å²) < 4.78 is 13.6. The number of aliphatic hydroxyl groups excluding tert-OH is 1. The molecular weight excluding hydrogens is 252 g/mol. The number of hydrogen-bond donors (Lipinski definition) is 1. The first-order valence-corrected chi connectivity index (χ1v) is 6.04. The van der Waals surface area contributed by atoms with Crippen LogP contribution in [0.3, 0.4) is 0 Å². The van der Waals surface area contributed by atoms with Crippen molar-refractivity contribution < 1.29 is 14.6 Å². The maximum Gasteiger partial charge on any atom is 0.264 e. The third-order valence-electron chi connectivity index (χ3n) is 2.97. The highest BCUT2D eigenvalue weighted by Crippen LogP contribution is 2.08. The van der Waals surface area contributed by atoms with Crippen LogP contribution in [0.1, 0.15) is 0 Å². The normalized spacial score (nSPS) is 16.5. The summed E-state index contributed by atoms with van der Waals surface area (Å²) >= 11 is 0. The molecule has 1 aliphatic heterocycles. The highest BCUT2D eigenvalue weighted by atomic mass is 16.7. The first kappa shape index (κ1) is 12.3. The lowest BCUT2D eigenvalue weighted by atomic mass is 10.4. The van der Waals surface area contributed by atoms with Crippen molar-refractivity contribution in [1.29, 1.82) is 0 Å². The molecule has 0 aromatic carbocycles. The number of aromatic nitrogens is 4. The fourth-order valence-corrected chi connectivity index (χ4v) is 2.06. The third-order valence-corrected chi connectivity index (χ3v) is 2.97. The van der Waals surface area contributed by atoms with E-state index in [4.69, 9.17) is 14.6 Å². The molecule has 0 saturated carbocycles. The topological polar surface area (TPSA) is 91.4 Å². The summed E-state index contributed by atoms with van der Waals surface area (Å²) in [5.74, 6) is 0. The van der Waals surface area contributed by atoms with Gasteiger partial charge in [0.2, 0.25) is 0 Å². The lowest BCUT2D eigenvalue weighted by Crippen LogP contribution is -2.27. The maximum absolute atomic E-state index is 12.2. The Kier molecular flexibility index (Phi) is 3.28. The van der Waals surface area contributed by atoms with E-state index in [2.05, 4.69) is 10.1 Å². The third kappa shape index (κ3) is 2.25. The van der Waals surface area contributed by atoms with Gasteiger partial charge in [0, 0.05) is 0 Å². The molecule has 0 atom stereocenters. The number of nitrogens with zero attached hydrogens (tertiary/aromatic N) is 4. The van der Waals surface area contributed by atoms with Crippen molar-refractivity contribution in [2.75, 3.05) is 19.8 Å². The first-order chi connectivity index (χ1) is 9.29. The first-order valence-electron chi connectivity index (χ1n) is 6.04. The molecule has 19 heavy (non-hydrogen) atoms. The minimum absolute atomic E-state index is 0.0503. The molecule has 1 saturated heterocycles. The van der Waals surface area contributed by atoms with Crippen LogP contribution >= 0.6 is 0 Å². The van der Waals surface area contributed by atoms with E-state index in [1.54, 1.807) is 0 Å². The molecule has 0 radical (unpaired) electrons. The van der Waals surface area contributed by atoms with Gasteiger partial charge in [-0.3, -0.25) is 9.36 Å². The lowest BCUT2D eigenvalue weighted by Gasteiger charge is -2.10. The van der Waals surface area contributed by atoms with Crippen molar-refractivity contribution in [2.24, 2.45) is 0 Å². The van der Waals surface area contributed by atoms with E-state index in [1.165, 1.54) is 21.8 Å². The summed E-state index contributed by atoms with van der Waals surface area (Å²) in [6.07, 6.45) is 2.52. The van der Waals surface area contributed by atoms with E-state index in [-0.39, 0.29) is 12.2 Å². The van der Waals surface area contributed by atoms with Gasteiger partial charge in [0.1, 0.15) is 11.7 Å². The quantitative estimate of drug-likeness (QED) is 0.760. The average Bonchev–Trinajstić information content (AvgIpc) is 3.04. The minimum atomic E-state index is -0.399. The van der Waals surface area contributed by atoms with Gasteiger partial charge in [-0.25, -0.2) is 9.67 Å². The van der Waals surface area contributed by atoms with E-state index in [0.717, 1.165) is 0 Å². The van der Waals surface area contributed by atoms with Gasteiger partial charge in [-0.1, -0.05) is 0 Å². The molecule has 1 N–H and O–H groups in total. The number of rotatable bonds is 4. The largest absolute Gasteiger partial charge is 0.394 e. The molecule has 0 spiro atoms. The van der Waals surface area contributed by atoms with Crippen LogP contribution in [0.5, 0.6) is 0 Å². The number of aliphatic hydroxyl groups is 1. The van der Waals surface area contributed by atoms with Gasteiger partial charge in [-0.15, -0.1) is 0 Å². The van der Waals surface area contributed by atoms with Crippen LogP contribution in [-0.2, 0) is 22.6 Å². The predicted octanol–water partition coefficient (Wildman–Crippen LogP) is -1.04. The Morgan fingerprint density at radius 3 is 2.95 bits per heavy atom. The minimum Gasteiger partial charge on any atom is -0.394 e. The summed E-state index contributed by atoms with van der Waals surface area (Å²) in [6, 6.07) is 0. The summed E-state index contributed by atoms with van der Waals surface area (Å²) in [5, 5.41) is 13.4.